The van der Waals surface area contributed by atoms with E-state index in [4.69, 9.17) is 9.47 Å². The maximum Gasteiger partial charge on any atom is 0.271 e. The molecule has 3 aromatic carbocycles. The first-order valence-corrected chi connectivity index (χ1v) is 10.2. The van der Waals surface area contributed by atoms with E-state index >= 15 is 0 Å². The molecule has 0 unspecified atom stereocenters. The molecular weight excluding hydrogens is 438 g/mol. The average molecular weight is 459 g/mol. The van der Waals surface area contributed by atoms with Crippen molar-refractivity contribution in [2.24, 2.45) is 5.10 Å². The van der Waals surface area contributed by atoms with Gasteiger partial charge in [-0.2, -0.15) is 5.10 Å². The molecule has 10 heteroatoms. The number of benzene rings is 3. The van der Waals surface area contributed by atoms with Gasteiger partial charge in [-0.05, 0) is 35.9 Å². The van der Waals surface area contributed by atoms with E-state index in [0.717, 1.165) is 16.9 Å². The predicted octanol–water partition coefficient (Wildman–Crippen LogP) is 3.84. The van der Waals surface area contributed by atoms with Crippen molar-refractivity contribution in [2.75, 3.05) is 14.2 Å². The molecule has 0 fully saturated rings. The van der Waals surface area contributed by atoms with Crippen LogP contribution in [-0.4, -0.2) is 41.2 Å². The normalized spacial score (nSPS) is 11.0. The monoisotopic (exact) mass is 459 g/mol. The molecule has 0 radical (unpaired) electrons. The zero-order chi connectivity index (χ0) is 24.1. The molecule has 10 nitrogen and oxygen atoms in total. The highest BCUT2D eigenvalue weighted by Crippen LogP contribution is 2.28. The largest absolute Gasteiger partial charge is 0.493 e. The standard InChI is InChI=1S/C24H21N5O5/c1-33-21-9-6-15(11-22(21)34-2)12-23-26-19-8-7-17(13-20(19)27-23)24(30)28-25-14-16-4-3-5-18(10-16)29(31)32/h3-11,13-14H,12H2,1-2H3,(H,26,27)(H,28,30)/b25-14-. The number of carbonyl (C=O) groups is 1. The molecule has 0 saturated carbocycles. The van der Waals surface area contributed by atoms with E-state index in [0.29, 0.717) is 34.6 Å². The van der Waals surface area contributed by atoms with Gasteiger partial charge in [0.15, 0.2) is 11.5 Å². The van der Waals surface area contributed by atoms with Crippen LogP contribution in [-0.2, 0) is 6.42 Å². The van der Waals surface area contributed by atoms with Crippen molar-refractivity contribution in [3.8, 4) is 11.5 Å². The summed E-state index contributed by atoms with van der Waals surface area (Å²) in [6, 6.07) is 16.7. The van der Waals surface area contributed by atoms with Gasteiger partial charge in [0.25, 0.3) is 11.6 Å². The number of aromatic nitrogens is 2. The zero-order valence-electron chi connectivity index (χ0n) is 18.4. The maximum absolute atomic E-state index is 12.5. The molecule has 2 N–H and O–H groups in total. The number of hydrazone groups is 1. The molecule has 4 aromatic rings. The number of methoxy groups -OCH3 is 2. The van der Waals surface area contributed by atoms with Crippen molar-refractivity contribution in [3.63, 3.8) is 0 Å². The first kappa shape index (κ1) is 22.5. The molecule has 0 bridgehead atoms. The van der Waals surface area contributed by atoms with Gasteiger partial charge in [0.1, 0.15) is 5.82 Å². The van der Waals surface area contributed by atoms with E-state index in [2.05, 4.69) is 20.5 Å². The van der Waals surface area contributed by atoms with Crippen molar-refractivity contribution in [3.05, 3.63) is 93.3 Å². The van der Waals surface area contributed by atoms with Gasteiger partial charge in [-0.25, -0.2) is 10.4 Å². The molecular formula is C24H21N5O5. The number of rotatable bonds is 8. The van der Waals surface area contributed by atoms with Crippen LogP contribution >= 0.6 is 0 Å². The molecule has 0 atom stereocenters. The van der Waals surface area contributed by atoms with Crippen LogP contribution in [0.5, 0.6) is 11.5 Å². The van der Waals surface area contributed by atoms with Gasteiger partial charge in [-0.15, -0.1) is 0 Å². The molecule has 172 valence electrons. The number of carbonyl (C=O) groups excluding carboxylic acids is 1. The zero-order valence-corrected chi connectivity index (χ0v) is 18.4. The van der Waals surface area contributed by atoms with Gasteiger partial charge < -0.3 is 14.5 Å². The number of fused-ring (bicyclic) bond motifs is 1. The highest BCUT2D eigenvalue weighted by molar-refractivity contribution is 5.97. The Kier molecular flexibility index (Phi) is 6.49. The van der Waals surface area contributed by atoms with Gasteiger partial charge >= 0.3 is 0 Å². The number of nitro groups is 1. The topological polar surface area (TPSA) is 132 Å². The summed E-state index contributed by atoms with van der Waals surface area (Å²) in [4.78, 5) is 30.7. The Balaban J connectivity index is 1.46. The summed E-state index contributed by atoms with van der Waals surface area (Å²) in [5, 5.41) is 14.8. The highest BCUT2D eigenvalue weighted by atomic mass is 16.6. The number of nitro benzene ring substituents is 1. The SMILES string of the molecule is COc1ccc(Cc2nc3ccc(C(=O)N/N=C\c4cccc([N+](=O)[O-])c4)cc3[nH]2)cc1OC. The summed E-state index contributed by atoms with van der Waals surface area (Å²) < 4.78 is 10.6. The van der Waals surface area contributed by atoms with E-state index in [1.165, 1.54) is 18.3 Å². The van der Waals surface area contributed by atoms with Crippen LogP contribution in [0.3, 0.4) is 0 Å². The molecule has 0 spiro atoms. The minimum atomic E-state index is -0.491. The van der Waals surface area contributed by atoms with Crippen LogP contribution in [0.4, 0.5) is 5.69 Å². The number of ether oxygens (including phenoxy) is 2. The first-order valence-electron chi connectivity index (χ1n) is 10.2. The lowest BCUT2D eigenvalue weighted by molar-refractivity contribution is -0.384. The third-order valence-electron chi connectivity index (χ3n) is 5.07. The Morgan fingerprint density at radius 1 is 1.12 bits per heavy atom. The summed E-state index contributed by atoms with van der Waals surface area (Å²) in [7, 11) is 3.17. The lowest BCUT2D eigenvalue weighted by Gasteiger charge is -2.08. The van der Waals surface area contributed by atoms with Crippen molar-refractivity contribution in [1.82, 2.24) is 15.4 Å². The number of imidazole rings is 1. The molecule has 1 aromatic heterocycles. The molecule has 34 heavy (non-hydrogen) atoms. The summed E-state index contributed by atoms with van der Waals surface area (Å²) >= 11 is 0. The fourth-order valence-corrected chi connectivity index (χ4v) is 3.42. The number of nitrogens with one attached hydrogen (secondary N) is 2. The van der Waals surface area contributed by atoms with Crippen LogP contribution in [0, 0.1) is 10.1 Å². The Morgan fingerprint density at radius 3 is 2.71 bits per heavy atom. The van der Waals surface area contributed by atoms with Crippen molar-refractivity contribution < 1.29 is 19.2 Å². The Morgan fingerprint density at radius 2 is 1.94 bits per heavy atom. The third-order valence-corrected chi connectivity index (χ3v) is 5.07. The van der Waals surface area contributed by atoms with Crippen molar-refractivity contribution >= 4 is 28.8 Å². The van der Waals surface area contributed by atoms with Crippen molar-refractivity contribution in [2.45, 2.75) is 6.42 Å². The molecule has 0 saturated heterocycles. The van der Waals surface area contributed by atoms with Crippen LogP contribution in [0.15, 0.2) is 65.8 Å². The number of H-pyrrole nitrogens is 1. The van der Waals surface area contributed by atoms with Crippen LogP contribution in [0.1, 0.15) is 27.3 Å². The second kappa shape index (κ2) is 9.82. The summed E-state index contributed by atoms with van der Waals surface area (Å²) in [5.74, 6) is 1.61. The van der Waals surface area contributed by atoms with E-state index in [9.17, 15) is 14.9 Å². The van der Waals surface area contributed by atoms with Crippen LogP contribution in [0.25, 0.3) is 11.0 Å². The van der Waals surface area contributed by atoms with E-state index in [-0.39, 0.29) is 5.69 Å². The molecule has 1 amide bonds. The van der Waals surface area contributed by atoms with E-state index in [1.54, 1.807) is 44.6 Å². The predicted molar refractivity (Wildman–Crippen MR) is 127 cm³/mol. The van der Waals surface area contributed by atoms with Gasteiger partial charge in [0.05, 0.1) is 36.4 Å². The highest BCUT2D eigenvalue weighted by Gasteiger charge is 2.11. The number of hydrogen-bond donors (Lipinski definition) is 2. The van der Waals surface area contributed by atoms with E-state index in [1.807, 2.05) is 18.2 Å². The lowest BCUT2D eigenvalue weighted by atomic mass is 10.1. The third kappa shape index (κ3) is 5.01. The quantitative estimate of drug-likeness (QED) is 0.234. The Bertz CT molecular complexity index is 1400. The van der Waals surface area contributed by atoms with Gasteiger partial charge in [-0.1, -0.05) is 18.2 Å². The number of non-ortho nitro benzene ring substituents is 1. The Labute approximate surface area is 194 Å². The molecule has 4 rings (SSSR count). The molecule has 0 aliphatic rings. The summed E-state index contributed by atoms with van der Waals surface area (Å²) in [6.07, 6.45) is 1.89. The lowest BCUT2D eigenvalue weighted by Crippen LogP contribution is -2.17. The number of amides is 1. The second-order valence-corrected chi connectivity index (χ2v) is 7.33. The fraction of sp³-hybridized carbons (Fsp3) is 0.125. The van der Waals surface area contributed by atoms with Gasteiger partial charge in [-0.3, -0.25) is 14.9 Å². The maximum atomic E-state index is 12.5. The number of aromatic amines is 1. The molecule has 0 aliphatic carbocycles. The minimum absolute atomic E-state index is 0.0520. The van der Waals surface area contributed by atoms with E-state index < -0.39 is 10.8 Å². The minimum Gasteiger partial charge on any atom is -0.493 e. The Hall–Kier alpha value is -4.73. The van der Waals surface area contributed by atoms with Gasteiger partial charge in [0, 0.05) is 29.7 Å². The van der Waals surface area contributed by atoms with Crippen molar-refractivity contribution in [1.29, 1.82) is 0 Å². The van der Waals surface area contributed by atoms with Gasteiger partial charge in [0.2, 0.25) is 0 Å². The molecule has 1 heterocycles. The first-order chi connectivity index (χ1) is 16.5. The number of nitrogens with zero attached hydrogens (tertiary/aromatic N) is 3. The smallest absolute Gasteiger partial charge is 0.271 e. The number of hydrogen-bond acceptors (Lipinski definition) is 7. The molecule has 0 aliphatic heterocycles. The second-order valence-electron chi connectivity index (χ2n) is 7.33. The van der Waals surface area contributed by atoms with Crippen LogP contribution in [0.2, 0.25) is 0 Å². The summed E-state index contributed by atoms with van der Waals surface area (Å²) in [6.45, 7) is 0. The fourth-order valence-electron chi connectivity index (χ4n) is 3.42. The van der Waals surface area contributed by atoms with Crippen LogP contribution < -0.4 is 14.9 Å². The average Bonchev–Trinajstić information content (AvgIpc) is 3.25. The summed E-state index contributed by atoms with van der Waals surface area (Å²) in [5.41, 5.74) is 5.70.